The van der Waals surface area contributed by atoms with Crippen molar-refractivity contribution in [1.29, 1.82) is 0 Å². The van der Waals surface area contributed by atoms with Gasteiger partial charge in [-0.15, -0.1) is 11.3 Å². The summed E-state index contributed by atoms with van der Waals surface area (Å²) in [6.07, 6.45) is -6.60. The van der Waals surface area contributed by atoms with Crippen LogP contribution in [0.2, 0.25) is 5.02 Å². The van der Waals surface area contributed by atoms with Gasteiger partial charge >= 0.3 is 6.18 Å². The highest BCUT2D eigenvalue weighted by Crippen LogP contribution is 2.34. The molecule has 3 rings (SSSR count). The molecular formula is C17H11ClF4N2O3S2. The number of benzene rings is 2. The number of anilines is 1. The van der Waals surface area contributed by atoms with Crippen molar-refractivity contribution in [2.45, 2.75) is 21.5 Å². The molecule has 0 saturated heterocycles. The van der Waals surface area contributed by atoms with Crippen LogP contribution in [0.15, 0.2) is 57.1 Å². The molecule has 1 heterocycles. The summed E-state index contributed by atoms with van der Waals surface area (Å²) in [5, 5.41) is 12.9. The molecule has 2 aromatic carbocycles. The fraction of sp³-hybridized carbons (Fsp3) is 0.118. The predicted molar refractivity (Wildman–Crippen MR) is 99.0 cm³/mol. The van der Waals surface area contributed by atoms with Gasteiger partial charge in [0, 0.05) is 10.7 Å². The third kappa shape index (κ3) is 4.69. The van der Waals surface area contributed by atoms with Gasteiger partial charge in [-0.2, -0.15) is 13.2 Å². The molecule has 0 radical (unpaired) electrons. The van der Waals surface area contributed by atoms with Gasteiger partial charge in [-0.3, -0.25) is 0 Å². The highest BCUT2D eigenvalue weighted by atomic mass is 35.5. The van der Waals surface area contributed by atoms with Crippen LogP contribution in [0, 0.1) is 5.82 Å². The van der Waals surface area contributed by atoms with E-state index in [1.807, 2.05) is 0 Å². The van der Waals surface area contributed by atoms with Crippen molar-refractivity contribution in [2.24, 2.45) is 0 Å². The summed E-state index contributed by atoms with van der Waals surface area (Å²) in [6.45, 7) is 0. The van der Waals surface area contributed by atoms with E-state index in [2.05, 4.69) is 10.3 Å². The lowest BCUT2D eigenvalue weighted by Crippen LogP contribution is -2.15. The van der Waals surface area contributed by atoms with Gasteiger partial charge in [0.05, 0.1) is 16.0 Å². The summed E-state index contributed by atoms with van der Waals surface area (Å²) in [7, 11) is -4.08. The summed E-state index contributed by atoms with van der Waals surface area (Å²) in [5.74, 6) is -1.18. The number of thiazole rings is 1. The number of sulfone groups is 1. The molecule has 0 aliphatic carbocycles. The molecule has 0 spiro atoms. The molecule has 0 bridgehead atoms. The number of halogens is 5. The van der Waals surface area contributed by atoms with Gasteiger partial charge in [0.1, 0.15) is 11.5 Å². The highest BCUT2D eigenvalue weighted by molar-refractivity contribution is 7.93. The minimum atomic E-state index is -4.80. The lowest BCUT2D eigenvalue weighted by Gasteiger charge is -2.16. The maximum absolute atomic E-state index is 13.5. The van der Waals surface area contributed by atoms with E-state index in [1.54, 1.807) is 0 Å². The molecule has 29 heavy (non-hydrogen) atoms. The Bertz CT molecular complexity index is 1130. The van der Waals surface area contributed by atoms with E-state index in [0.29, 0.717) is 17.2 Å². The van der Waals surface area contributed by atoms with Gasteiger partial charge in [-0.25, -0.2) is 17.8 Å². The Hall–Kier alpha value is -2.21. The quantitative estimate of drug-likeness (QED) is 0.413. The van der Waals surface area contributed by atoms with Crippen molar-refractivity contribution >= 4 is 38.5 Å². The molecular weight excluding hydrogens is 456 g/mol. The average Bonchev–Trinajstić information content (AvgIpc) is 3.11. The van der Waals surface area contributed by atoms with Gasteiger partial charge in [0.25, 0.3) is 0 Å². The molecule has 3 aromatic rings. The van der Waals surface area contributed by atoms with Crippen LogP contribution in [0.3, 0.4) is 0 Å². The third-order valence-corrected chi connectivity index (χ3v) is 7.14. The normalized spacial score (nSPS) is 13.3. The minimum Gasteiger partial charge on any atom is -0.368 e. The molecule has 154 valence electrons. The molecule has 0 aliphatic rings. The van der Waals surface area contributed by atoms with Gasteiger partial charge in [0.15, 0.2) is 10.4 Å². The van der Waals surface area contributed by atoms with E-state index in [1.165, 1.54) is 24.3 Å². The summed E-state index contributed by atoms with van der Waals surface area (Å²) in [4.78, 5) is 3.69. The molecule has 1 aromatic heterocycles. The number of aromatic nitrogens is 1. The lowest BCUT2D eigenvalue weighted by atomic mass is 10.2. The van der Waals surface area contributed by atoms with Crippen molar-refractivity contribution in [3.05, 3.63) is 70.1 Å². The lowest BCUT2D eigenvalue weighted by molar-refractivity contribution is -0.137. The Morgan fingerprint density at radius 3 is 2.41 bits per heavy atom. The number of hydrogen-bond donors (Lipinski definition) is 2. The van der Waals surface area contributed by atoms with E-state index in [4.69, 9.17) is 11.6 Å². The van der Waals surface area contributed by atoms with Crippen molar-refractivity contribution in [1.82, 2.24) is 4.98 Å². The monoisotopic (exact) mass is 466 g/mol. The van der Waals surface area contributed by atoms with Crippen LogP contribution in [0.1, 0.15) is 17.5 Å². The Balaban J connectivity index is 1.93. The maximum atomic E-state index is 13.5. The standard InChI is InChI=1S/C17H11ClF4N2O3S2/c18-10-1-3-13(4-2-10)29(26,27)16-14(23-8-28-16)15(25)24-12-6-9(17(20,21)22)5-11(19)7-12/h1-8,15,24-25H. The first-order valence-corrected chi connectivity index (χ1v) is 10.5. The van der Waals surface area contributed by atoms with Crippen molar-refractivity contribution in [2.75, 3.05) is 5.32 Å². The van der Waals surface area contributed by atoms with Crippen molar-refractivity contribution < 1.29 is 31.1 Å². The van der Waals surface area contributed by atoms with E-state index in [9.17, 15) is 31.1 Å². The molecule has 5 nitrogen and oxygen atoms in total. The Labute approximate surface area is 171 Å². The van der Waals surface area contributed by atoms with Crippen molar-refractivity contribution in [3.63, 3.8) is 0 Å². The molecule has 0 aliphatic heterocycles. The molecule has 2 N–H and O–H groups in total. The predicted octanol–water partition coefficient (Wildman–Crippen LogP) is 4.89. The van der Waals surface area contributed by atoms with Crippen LogP contribution >= 0.6 is 22.9 Å². The van der Waals surface area contributed by atoms with Gasteiger partial charge in [-0.05, 0) is 42.5 Å². The molecule has 0 amide bonds. The maximum Gasteiger partial charge on any atom is 0.416 e. The topological polar surface area (TPSA) is 79.3 Å². The number of rotatable bonds is 5. The number of aliphatic hydroxyl groups is 1. The fourth-order valence-corrected chi connectivity index (χ4v) is 5.16. The van der Waals surface area contributed by atoms with Gasteiger partial charge in [0.2, 0.25) is 9.84 Å². The summed E-state index contributed by atoms with van der Waals surface area (Å²) in [5.41, 5.74) is -0.828. The second-order valence-corrected chi connectivity index (χ2v) is 9.19. The van der Waals surface area contributed by atoms with E-state index in [-0.39, 0.29) is 14.8 Å². The molecule has 1 unspecified atom stereocenters. The summed E-state index contributed by atoms with van der Waals surface area (Å²) >= 11 is 6.47. The van der Waals surface area contributed by atoms with E-state index >= 15 is 0 Å². The van der Waals surface area contributed by atoms with Crippen LogP contribution in [0.25, 0.3) is 0 Å². The smallest absolute Gasteiger partial charge is 0.368 e. The summed E-state index contributed by atoms with van der Waals surface area (Å²) < 4.78 is 77.3. The molecule has 0 saturated carbocycles. The molecule has 0 fully saturated rings. The number of nitrogens with zero attached hydrogens (tertiary/aromatic N) is 1. The van der Waals surface area contributed by atoms with E-state index in [0.717, 1.165) is 22.9 Å². The largest absolute Gasteiger partial charge is 0.416 e. The Morgan fingerprint density at radius 2 is 1.79 bits per heavy atom. The number of hydrogen-bond acceptors (Lipinski definition) is 6. The zero-order valence-electron chi connectivity index (χ0n) is 14.1. The van der Waals surface area contributed by atoms with Crippen LogP contribution < -0.4 is 5.32 Å². The second kappa shape index (κ2) is 7.90. The summed E-state index contributed by atoms with van der Waals surface area (Å²) in [6, 6.07) is 6.90. The zero-order chi connectivity index (χ0) is 21.4. The van der Waals surface area contributed by atoms with Gasteiger partial charge in [-0.1, -0.05) is 11.6 Å². The fourth-order valence-electron chi connectivity index (χ4n) is 2.41. The minimum absolute atomic E-state index is 0.107. The van der Waals surface area contributed by atoms with E-state index < -0.39 is 39.3 Å². The van der Waals surface area contributed by atoms with Crippen LogP contribution in [-0.4, -0.2) is 18.5 Å². The molecule has 12 heteroatoms. The Kier molecular flexibility index (Phi) is 5.86. The number of aliphatic hydroxyl groups excluding tert-OH is 1. The van der Waals surface area contributed by atoms with Crippen LogP contribution in [0.5, 0.6) is 0 Å². The highest BCUT2D eigenvalue weighted by Gasteiger charge is 2.32. The average molecular weight is 467 g/mol. The SMILES string of the molecule is O=S(=O)(c1ccc(Cl)cc1)c1scnc1C(O)Nc1cc(F)cc(C(F)(F)F)c1. The first kappa shape index (κ1) is 21.5. The zero-order valence-corrected chi connectivity index (χ0v) is 16.5. The second-order valence-electron chi connectivity index (χ2n) is 5.76. The molecule has 1 atom stereocenters. The Morgan fingerprint density at radius 1 is 1.14 bits per heavy atom. The van der Waals surface area contributed by atoms with Crippen LogP contribution in [-0.2, 0) is 16.0 Å². The van der Waals surface area contributed by atoms with Crippen molar-refractivity contribution in [3.8, 4) is 0 Å². The first-order chi connectivity index (χ1) is 13.5. The first-order valence-electron chi connectivity index (χ1n) is 7.75. The number of nitrogens with one attached hydrogen (secondary N) is 1. The third-order valence-electron chi connectivity index (χ3n) is 3.72. The van der Waals surface area contributed by atoms with Crippen LogP contribution in [0.4, 0.5) is 23.2 Å². The number of alkyl halides is 3. The van der Waals surface area contributed by atoms with Gasteiger partial charge < -0.3 is 10.4 Å².